The van der Waals surface area contributed by atoms with E-state index in [1.54, 1.807) is 13.3 Å². The smallest absolute Gasteiger partial charge is 0.257 e. The van der Waals surface area contributed by atoms with Gasteiger partial charge in [0.25, 0.3) is 5.71 Å². The largest absolute Gasteiger partial charge is 0.383 e. The fourth-order valence-corrected chi connectivity index (χ4v) is 4.96. The molecule has 33 heavy (non-hydrogen) atoms. The molecule has 1 unspecified atom stereocenters. The number of aryl methyl sites for hydroxylation is 1. The fourth-order valence-electron chi connectivity index (χ4n) is 4.96. The van der Waals surface area contributed by atoms with Crippen molar-refractivity contribution < 1.29 is 14.1 Å². The predicted molar refractivity (Wildman–Crippen MR) is 121 cm³/mol. The van der Waals surface area contributed by atoms with Crippen LogP contribution in [0.15, 0.2) is 41.1 Å². The Balaban J connectivity index is 1.39. The second-order valence-electron chi connectivity index (χ2n) is 8.57. The third kappa shape index (κ3) is 2.94. The second-order valence-corrected chi connectivity index (χ2v) is 8.57. The van der Waals surface area contributed by atoms with E-state index in [2.05, 4.69) is 30.6 Å². The molecule has 0 radical (unpaired) electrons. The highest BCUT2D eigenvalue weighted by atomic mass is 16.5. The minimum atomic E-state index is -0.575. The van der Waals surface area contributed by atoms with Crippen LogP contribution in [0.3, 0.4) is 0 Å². The maximum Gasteiger partial charge on any atom is 0.257 e. The van der Waals surface area contributed by atoms with E-state index in [1.807, 2.05) is 41.8 Å². The minimum absolute atomic E-state index is 0.0481. The number of ether oxygens (including phenoxy) is 1. The Kier molecular flexibility index (Phi) is 4.44. The first-order valence-electron chi connectivity index (χ1n) is 10.9. The Morgan fingerprint density at radius 3 is 3.03 bits per heavy atom. The maximum atomic E-state index is 13.0. The van der Waals surface area contributed by atoms with Gasteiger partial charge in [-0.05, 0) is 31.0 Å². The third-order valence-corrected chi connectivity index (χ3v) is 6.70. The van der Waals surface area contributed by atoms with Gasteiger partial charge in [0.2, 0.25) is 11.9 Å². The number of carbonyl (C=O) groups excluding carboxylic acids is 1. The molecule has 3 aromatic heterocycles. The molecule has 1 atom stereocenters. The number of anilines is 2. The number of fused-ring (bicyclic) bond motifs is 3. The van der Waals surface area contributed by atoms with Crippen LogP contribution in [0.2, 0.25) is 0 Å². The molecule has 0 bridgehead atoms. The van der Waals surface area contributed by atoms with Crippen LogP contribution in [-0.2, 0) is 21.5 Å². The van der Waals surface area contributed by atoms with Gasteiger partial charge in [0, 0.05) is 37.6 Å². The monoisotopic (exact) mass is 445 g/mol. The summed E-state index contributed by atoms with van der Waals surface area (Å²) in [5, 5.41) is 16.9. The Hall–Kier alpha value is -3.79. The highest BCUT2D eigenvalue weighted by Crippen LogP contribution is 2.45. The summed E-state index contributed by atoms with van der Waals surface area (Å²) in [6, 6.07) is 9.90. The lowest BCUT2D eigenvalue weighted by Crippen LogP contribution is -2.38. The first-order valence-corrected chi connectivity index (χ1v) is 10.9. The van der Waals surface area contributed by atoms with Crippen molar-refractivity contribution >= 4 is 28.6 Å². The van der Waals surface area contributed by atoms with Crippen LogP contribution >= 0.6 is 0 Å². The quantitative estimate of drug-likeness (QED) is 0.499. The topological polar surface area (TPSA) is 111 Å². The van der Waals surface area contributed by atoms with Gasteiger partial charge in [0.05, 0.1) is 29.6 Å². The molecule has 10 nitrogen and oxygen atoms in total. The molecule has 0 saturated carbocycles. The summed E-state index contributed by atoms with van der Waals surface area (Å²) in [7, 11) is 1.67. The average molecular weight is 445 g/mol. The number of carbonyl (C=O) groups is 1. The van der Waals surface area contributed by atoms with E-state index in [1.165, 1.54) is 0 Å². The number of nitrogens with zero attached hydrogens (tertiary/aromatic N) is 6. The van der Waals surface area contributed by atoms with Gasteiger partial charge in [-0.15, -0.1) is 10.2 Å². The van der Waals surface area contributed by atoms with Gasteiger partial charge >= 0.3 is 0 Å². The van der Waals surface area contributed by atoms with Crippen molar-refractivity contribution in [3.8, 4) is 11.4 Å². The molecule has 1 saturated heterocycles. The summed E-state index contributed by atoms with van der Waals surface area (Å²) in [6.45, 7) is 4.20. The van der Waals surface area contributed by atoms with E-state index in [0.29, 0.717) is 37.8 Å². The summed E-state index contributed by atoms with van der Waals surface area (Å²) in [5.74, 6) is 1.46. The Morgan fingerprint density at radius 1 is 1.27 bits per heavy atom. The number of para-hydroxylation sites is 1. The van der Waals surface area contributed by atoms with Crippen molar-refractivity contribution in [1.82, 2.24) is 24.9 Å². The molecule has 1 fully saturated rings. The van der Waals surface area contributed by atoms with Gasteiger partial charge in [-0.2, -0.15) is 0 Å². The van der Waals surface area contributed by atoms with Crippen LogP contribution in [0.1, 0.15) is 17.7 Å². The first kappa shape index (κ1) is 19.9. The van der Waals surface area contributed by atoms with E-state index in [9.17, 15) is 4.79 Å². The predicted octanol–water partition coefficient (Wildman–Crippen LogP) is 2.54. The molecular weight excluding hydrogens is 422 g/mol. The summed E-state index contributed by atoms with van der Waals surface area (Å²) in [5.41, 5.74) is 3.46. The third-order valence-electron chi connectivity index (χ3n) is 6.70. The van der Waals surface area contributed by atoms with E-state index in [-0.39, 0.29) is 5.91 Å². The average Bonchev–Trinajstić information content (AvgIpc) is 3.59. The molecular formula is C23H23N7O3. The number of benzene rings is 1. The second kappa shape index (κ2) is 7.38. The Labute approximate surface area is 189 Å². The zero-order valence-electron chi connectivity index (χ0n) is 18.4. The summed E-state index contributed by atoms with van der Waals surface area (Å²) in [4.78, 5) is 19.6. The molecule has 6 rings (SSSR count). The van der Waals surface area contributed by atoms with E-state index in [4.69, 9.17) is 9.26 Å². The lowest BCUT2D eigenvalue weighted by molar-refractivity contribution is -0.120. The molecule has 1 amide bonds. The fraction of sp³-hybridized carbons (Fsp3) is 0.348. The molecule has 2 aliphatic heterocycles. The number of nitrogens with one attached hydrogen (secondary N) is 1. The zero-order valence-corrected chi connectivity index (χ0v) is 18.4. The highest BCUT2D eigenvalue weighted by molar-refractivity contribution is 6.07. The van der Waals surface area contributed by atoms with Gasteiger partial charge < -0.3 is 19.5 Å². The maximum absolute atomic E-state index is 13.0. The van der Waals surface area contributed by atoms with Crippen molar-refractivity contribution in [3.63, 3.8) is 0 Å². The molecule has 5 heterocycles. The highest BCUT2D eigenvalue weighted by Gasteiger charge is 2.51. The molecule has 1 N–H and O–H groups in total. The standard InChI is InChI=1S/C23H23N7O3/c1-14-16-11-15(12-24-20(16)33-28-14)19-26-27-22(30(19)9-10-32-2)29-8-7-23(13-29)17-5-3-4-6-18(17)25-21(23)31/h3-6,11-12H,7-10,13H2,1-2H3,(H,25,31). The number of pyridine rings is 1. The van der Waals surface area contributed by atoms with Crippen molar-refractivity contribution in [2.45, 2.75) is 25.3 Å². The van der Waals surface area contributed by atoms with Crippen LogP contribution < -0.4 is 10.2 Å². The molecule has 4 aromatic rings. The van der Waals surface area contributed by atoms with Crippen molar-refractivity contribution in [2.75, 3.05) is 37.0 Å². The van der Waals surface area contributed by atoms with Crippen molar-refractivity contribution in [1.29, 1.82) is 0 Å². The zero-order chi connectivity index (χ0) is 22.6. The molecule has 0 aliphatic carbocycles. The van der Waals surface area contributed by atoms with Gasteiger partial charge in [-0.1, -0.05) is 23.4 Å². The van der Waals surface area contributed by atoms with Crippen LogP contribution in [0.5, 0.6) is 0 Å². The van der Waals surface area contributed by atoms with Gasteiger partial charge in [-0.3, -0.25) is 9.36 Å². The normalized spacial score (nSPS) is 19.6. The van der Waals surface area contributed by atoms with Crippen LogP contribution in [0.25, 0.3) is 22.5 Å². The van der Waals surface area contributed by atoms with Crippen molar-refractivity contribution in [2.24, 2.45) is 0 Å². The van der Waals surface area contributed by atoms with Crippen LogP contribution in [-0.4, -0.2) is 57.6 Å². The number of methoxy groups -OCH3 is 1. The van der Waals surface area contributed by atoms with Gasteiger partial charge in [-0.25, -0.2) is 4.98 Å². The molecule has 1 aromatic carbocycles. The summed E-state index contributed by atoms with van der Waals surface area (Å²) in [6.07, 6.45) is 2.44. The minimum Gasteiger partial charge on any atom is -0.383 e. The first-order chi connectivity index (χ1) is 16.1. The van der Waals surface area contributed by atoms with E-state index >= 15 is 0 Å². The molecule has 1 spiro atoms. The van der Waals surface area contributed by atoms with E-state index in [0.717, 1.165) is 40.3 Å². The lowest BCUT2D eigenvalue weighted by atomic mass is 9.81. The van der Waals surface area contributed by atoms with Crippen molar-refractivity contribution in [3.05, 3.63) is 47.8 Å². The Bertz CT molecular complexity index is 1380. The van der Waals surface area contributed by atoms with E-state index < -0.39 is 5.41 Å². The molecule has 168 valence electrons. The molecule has 2 aliphatic rings. The number of hydrogen-bond donors (Lipinski definition) is 1. The number of rotatable bonds is 5. The Morgan fingerprint density at radius 2 is 2.15 bits per heavy atom. The van der Waals surface area contributed by atoms with Gasteiger partial charge in [0.15, 0.2) is 5.82 Å². The van der Waals surface area contributed by atoms with Crippen LogP contribution in [0.4, 0.5) is 11.6 Å². The SMILES string of the molecule is COCCn1c(-c2cnc3onc(C)c3c2)nnc1N1CCC2(C1)C(=O)Nc1ccccc12. The number of hydrogen-bond acceptors (Lipinski definition) is 8. The summed E-state index contributed by atoms with van der Waals surface area (Å²) >= 11 is 0. The molecule has 10 heteroatoms. The number of aromatic nitrogens is 5. The van der Waals surface area contributed by atoms with Gasteiger partial charge in [0.1, 0.15) is 0 Å². The lowest BCUT2D eigenvalue weighted by Gasteiger charge is -2.23. The summed E-state index contributed by atoms with van der Waals surface area (Å²) < 4.78 is 12.6. The number of amides is 1. The van der Waals surface area contributed by atoms with Crippen LogP contribution in [0, 0.1) is 6.92 Å².